The molecule has 0 radical (unpaired) electrons. The Morgan fingerprint density at radius 3 is 2.86 bits per heavy atom. The molecule has 3 rings (SSSR count). The number of allylic oxidation sites excluding steroid dienone is 1. The van der Waals surface area contributed by atoms with Gasteiger partial charge in [-0.3, -0.25) is 4.98 Å². The molecule has 2 unspecified atom stereocenters. The van der Waals surface area contributed by atoms with Gasteiger partial charge >= 0.3 is 0 Å². The van der Waals surface area contributed by atoms with Crippen molar-refractivity contribution in [2.45, 2.75) is 65.8 Å². The molecule has 2 aromatic rings. The number of aromatic nitrogens is 2. The first-order valence-corrected chi connectivity index (χ1v) is 10.4. The van der Waals surface area contributed by atoms with Crippen LogP contribution in [-0.4, -0.2) is 21.2 Å². The molecule has 0 saturated heterocycles. The maximum atomic E-state index is 7.58. The molecule has 1 aliphatic rings. The summed E-state index contributed by atoms with van der Waals surface area (Å²) in [6.07, 6.45) is 8.11. The van der Waals surface area contributed by atoms with Crippen molar-refractivity contribution >= 4 is 28.3 Å². The van der Waals surface area contributed by atoms with E-state index in [2.05, 4.69) is 43.3 Å². The summed E-state index contributed by atoms with van der Waals surface area (Å²) in [4.78, 5) is 9.31. The minimum atomic E-state index is 0.0112. The molecule has 2 aromatic heterocycles. The van der Waals surface area contributed by atoms with Gasteiger partial charge in [0.05, 0.1) is 5.52 Å². The fraction of sp³-hybridized carbons (Fsp3) is 0.522. The summed E-state index contributed by atoms with van der Waals surface area (Å²) in [5, 5.41) is 15.4. The number of hydrogen-bond acceptors (Lipinski definition) is 6. The minimum Gasteiger partial charge on any atom is -0.385 e. The largest absolute Gasteiger partial charge is 0.385 e. The van der Waals surface area contributed by atoms with Crippen LogP contribution in [0.2, 0.25) is 0 Å². The van der Waals surface area contributed by atoms with Crippen LogP contribution in [0.15, 0.2) is 36.3 Å². The molecule has 0 bridgehead atoms. The fourth-order valence-electron chi connectivity index (χ4n) is 4.46. The lowest BCUT2D eigenvalue weighted by molar-refractivity contribution is 0.290. The van der Waals surface area contributed by atoms with Crippen molar-refractivity contribution in [2.24, 2.45) is 17.1 Å². The van der Waals surface area contributed by atoms with Crippen LogP contribution in [0.25, 0.3) is 10.9 Å². The molecule has 5 N–H and O–H groups in total. The zero-order valence-corrected chi connectivity index (χ0v) is 18.3. The summed E-state index contributed by atoms with van der Waals surface area (Å²) < 4.78 is 0. The van der Waals surface area contributed by atoms with Crippen LogP contribution in [0.1, 0.15) is 60.3 Å². The lowest BCUT2D eigenvalue weighted by atomic mass is 9.83. The predicted octanol–water partition coefficient (Wildman–Crippen LogP) is 5.29. The number of anilines is 2. The highest BCUT2D eigenvalue weighted by Gasteiger charge is 2.37. The van der Waals surface area contributed by atoms with Gasteiger partial charge in [-0.25, -0.2) is 4.98 Å². The van der Waals surface area contributed by atoms with Gasteiger partial charge in [0, 0.05) is 28.9 Å². The van der Waals surface area contributed by atoms with E-state index in [1.807, 2.05) is 18.2 Å². The molecule has 1 saturated carbocycles. The molecule has 0 amide bonds. The van der Waals surface area contributed by atoms with Gasteiger partial charge in [-0.1, -0.05) is 20.8 Å². The van der Waals surface area contributed by atoms with Gasteiger partial charge in [-0.2, -0.15) is 0 Å². The Kier molecular flexibility index (Phi) is 5.82. The third kappa shape index (κ3) is 5.68. The third-order valence-electron chi connectivity index (χ3n) is 5.41. The quantitative estimate of drug-likeness (QED) is 0.499. The van der Waals surface area contributed by atoms with Crippen LogP contribution in [0.3, 0.4) is 0 Å². The highest BCUT2D eigenvalue weighted by Crippen LogP contribution is 2.42. The van der Waals surface area contributed by atoms with Gasteiger partial charge < -0.3 is 21.8 Å². The van der Waals surface area contributed by atoms with Crippen LogP contribution < -0.4 is 16.4 Å². The Bertz CT molecular complexity index is 927. The number of nitrogens with one attached hydrogen (secondary N) is 3. The SMILES string of the molecule is CC(=N)/C=C(\N)Nc1cc2ncccc2c(NC2(C)CCC(CC(C)(C)C)C2)n1. The van der Waals surface area contributed by atoms with E-state index in [0.717, 1.165) is 35.5 Å². The highest BCUT2D eigenvalue weighted by molar-refractivity contribution is 5.92. The van der Waals surface area contributed by atoms with E-state index in [4.69, 9.17) is 16.1 Å². The fourth-order valence-corrected chi connectivity index (χ4v) is 4.46. The molecule has 156 valence electrons. The third-order valence-corrected chi connectivity index (χ3v) is 5.41. The number of fused-ring (bicyclic) bond motifs is 1. The van der Waals surface area contributed by atoms with Crippen molar-refractivity contribution in [1.29, 1.82) is 5.41 Å². The number of nitrogens with zero attached hydrogens (tertiary/aromatic N) is 2. The molecule has 0 spiro atoms. The molecule has 1 fully saturated rings. The molecule has 1 aliphatic carbocycles. The smallest absolute Gasteiger partial charge is 0.138 e. The topological polar surface area (TPSA) is 99.7 Å². The molecule has 2 atom stereocenters. The maximum Gasteiger partial charge on any atom is 0.138 e. The predicted molar refractivity (Wildman–Crippen MR) is 122 cm³/mol. The van der Waals surface area contributed by atoms with Crippen molar-refractivity contribution in [1.82, 2.24) is 9.97 Å². The molecular weight excluding hydrogens is 360 g/mol. The van der Waals surface area contributed by atoms with Crippen LogP contribution in [0.4, 0.5) is 11.6 Å². The number of nitrogens with two attached hydrogens (primary N) is 1. The Labute approximate surface area is 173 Å². The van der Waals surface area contributed by atoms with Gasteiger partial charge in [0.25, 0.3) is 0 Å². The van der Waals surface area contributed by atoms with E-state index in [0.29, 0.717) is 22.8 Å². The second-order valence-electron chi connectivity index (χ2n) is 9.89. The summed E-state index contributed by atoms with van der Waals surface area (Å²) in [6.45, 7) is 10.9. The number of hydrogen-bond donors (Lipinski definition) is 4. The van der Waals surface area contributed by atoms with Crippen LogP contribution in [0.5, 0.6) is 0 Å². The standard InChI is InChI=1S/C23H34N6/c1-15(24)11-19(25)27-20-12-18-17(7-6-10-26-18)21(28-20)29-23(5)9-8-16(14-23)13-22(2,3)4/h6-7,10-12,16,24H,8-9,13-14,25H2,1-5H3,(H2,27,28,29)/b19-11+,24-15?. The van der Waals surface area contributed by atoms with E-state index in [1.54, 1.807) is 19.2 Å². The first-order valence-electron chi connectivity index (χ1n) is 10.4. The van der Waals surface area contributed by atoms with E-state index in [9.17, 15) is 0 Å². The van der Waals surface area contributed by atoms with Crippen molar-refractivity contribution in [3.05, 3.63) is 36.3 Å². The lowest BCUT2D eigenvalue weighted by Crippen LogP contribution is -2.32. The minimum absolute atomic E-state index is 0.0112. The van der Waals surface area contributed by atoms with Crippen LogP contribution >= 0.6 is 0 Å². The van der Waals surface area contributed by atoms with Gasteiger partial charge in [-0.15, -0.1) is 0 Å². The molecule has 0 aliphatic heterocycles. The Morgan fingerprint density at radius 2 is 2.17 bits per heavy atom. The van der Waals surface area contributed by atoms with Crippen molar-refractivity contribution < 1.29 is 0 Å². The Morgan fingerprint density at radius 1 is 1.41 bits per heavy atom. The first kappa shape index (κ1) is 21.1. The Balaban J connectivity index is 1.87. The van der Waals surface area contributed by atoms with Gasteiger partial charge in [0.1, 0.15) is 17.5 Å². The monoisotopic (exact) mass is 394 g/mol. The lowest BCUT2D eigenvalue weighted by Gasteiger charge is -2.29. The summed E-state index contributed by atoms with van der Waals surface area (Å²) in [7, 11) is 0. The average Bonchev–Trinajstić information content (AvgIpc) is 2.92. The summed E-state index contributed by atoms with van der Waals surface area (Å²) in [5.74, 6) is 2.58. The zero-order chi connectivity index (χ0) is 21.2. The van der Waals surface area contributed by atoms with E-state index in [-0.39, 0.29) is 5.54 Å². The van der Waals surface area contributed by atoms with Crippen molar-refractivity contribution in [3.8, 4) is 0 Å². The maximum absolute atomic E-state index is 7.58. The molecule has 0 aromatic carbocycles. The van der Waals surface area contributed by atoms with Gasteiger partial charge in [0.2, 0.25) is 0 Å². The zero-order valence-electron chi connectivity index (χ0n) is 18.3. The first-order chi connectivity index (χ1) is 13.5. The van der Waals surface area contributed by atoms with Gasteiger partial charge in [0.15, 0.2) is 0 Å². The van der Waals surface area contributed by atoms with Crippen molar-refractivity contribution in [2.75, 3.05) is 10.6 Å². The molecule has 6 nitrogen and oxygen atoms in total. The molecular formula is C23H34N6. The highest BCUT2D eigenvalue weighted by atomic mass is 15.1. The summed E-state index contributed by atoms with van der Waals surface area (Å²) in [6, 6.07) is 5.88. The van der Waals surface area contributed by atoms with Crippen LogP contribution in [0, 0.1) is 16.7 Å². The molecule has 6 heteroatoms. The summed E-state index contributed by atoms with van der Waals surface area (Å²) in [5.41, 5.74) is 7.61. The average molecular weight is 395 g/mol. The van der Waals surface area contributed by atoms with Crippen molar-refractivity contribution in [3.63, 3.8) is 0 Å². The van der Waals surface area contributed by atoms with E-state index < -0.39 is 0 Å². The normalized spacial score (nSPS) is 22.7. The van der Waals surface area contributed by atoms with E-state index >= 15 is 0 Å². The molecule has 2 heterocycles. The Hall–Kier alpha value is -2.63. The second kappa shape index (κ2) is 8.01. The summed E-state index contributed by atoms with van der Waals surface area (Å²) >= 11 is 0. The van der Waals surface area contributed by atoms with Crippen LogP contribution in [-0.2, 0) is 0 Å². The number of pyridine rings is 2. The van der Waals surface area contributed by atoms with Gasteiger partial charge in [-0.05, 0) is 69.1 Å². The van der Waals surface area contributed by atoms with E-state index in [1.165, 1.54) is 12.8 Å². The molecule has 29 heavy (non-hydrogen) atoms. The second-order valence-corrected chi connectivity index (χ2v) is 9.89. The number of rotatable bonds is 6.